The highest BCUT2D eigenvalue weighted by Gasteiger charge is 2.17. The van der Waals surface area contributed by atoms with Gasteiger partial charge in [0.1, 0.15) is 19.0 Å². The second-order valence-corrected chi connectivity index (χ2v) is 8.87. The summed E-state index contributed by atoms with van der Waals surface area (Å²) in [5, 5.41) is 1.55. The number of halogens is 2. The van der Waals surface area contributed by atoms with Crippen LogP contribution in [-0.2, 0) is 16.0 Å². The predicted molar refractivity (Wildman–Crippen MR) is 124 cm³/mol. The lowest BCUT2D eigenvalue weighted by Gasteiger charge is -2.11. The quantitative estimate of drug-likeness (QED) is 0.368. The van der Waals surface area contributed by atoms with Crippen LogP contribution in [0.4, 0.5) is 0 Å². The van der Waals surface area contributed by atoms with Gasteiger partial charge in [0, 0.05) is 33.6 Å². The molecule has 1 aliphatic carbocycles. The van der Waals surface area contributed by atoms with E-state index in [0.717, 1.165) is 27.5 Å². The molecule has 7 heteroatoms. The maximum atomic E-state index is 11.6. The number of carbonyl (C=O) groups is 1. The zero-order valence-corrected chi connectivity index (χ0v) is 19.1. The molecule has 1 aromatic heterocycles. The van der Waals surface area contributed by atoms with Gasteiger partial charge in [-0.1, -0.05) is 33.6 Å². The van der Waals surface area contributed by atoms with Gasteiger partial charge in [-0.2, -0.15) is 0 Å². The number of nitrogens with one attached hydrogen (secondary N) is 1. The number of fused-ring (bicyclic) bond motifs is 2. The van der Waals surface area contributed by atoms with Crippen LogP contribution in [-0.4, -0.2) is 49.7 Å². The van der Waals surface area contributed by atoms with Gasteiger partial charge in [0.2, 0.25) is 0 Å². The van der Waals surface area contributed by atoms with Crippen molar-refractivity contribution in [1.82, 2.24) is 9.88 Å². The number of aromatic nitrogens is 1. The smallest absolute Gasteiger partial charge is 0.320 e. The SMILES string of the molecule is CN(C)CC(=O)OCCOc1cc2[nH]c(C3=Cc4ccc(Br)cc4C3)cc2cc1Cl. The van der Waals surface area contributed by atoms with Crippen molar-refractivity contribution in [2.75, 3.05) is 33.9 Å². The Hall–Kier alpha value is -2.28. The number of hydrogen-bond acceptors (Lipinski definition) is 4. The molecule has 0 amide bonds. The number of benzene rings is 2. The summed E-state index contributed by atoms with van der Waals surface area (Å²) < 4.78 is 12.0. The van der Waals surface area contributed by atoms with Crippen molar-refractivity contribution in [3.8, 4) is 5.75 Å². The molecule has 0 bridgehead atoms. The molecule has 1 aliphatic rings. The number of nitrogens with zero attached hydrogens (tertiary/aromatic N) is 1. The fourth-order valence-corrected chi connectivity index (χ4v) is 4.15. The number of aromatic amines is 1. The Bertz CT molecular complexity index is 1140. The summed E-state index contributed by atoms with van der Waals surface area (Å²) in [5.74, 6) is 0.283. The molecule has 0 saturated carbocycles. The summed E-state index contributed by atoms with van der Waals surface area (Å²) in [6.07, 6.45) is 3.10. The lowest BCUT2D eigenvalue weighted by atomic mass is 10.1. The molecule has 0 radical (unpaired) electrons. The van der Waals surface area contributed by atoms with Gasteiger partial charge in [0.25, 0.3) is 0 Å². The van der Waals surface area contributed by atoms with E-state index in [1.807, 2.05) is 26.2 Å². The van der Waals surface area contributed by atoms with Gasteiger partial charge in [0.15, 0.2) is 0 Å². The molecule has 0 atom stereocenters. The number of rotatable bonds is 7. The number of ether oxygens (including phenoxy) is 2. The van der Waals surface area contributed by atoms with Crippen molar-refractivity contribution in [3.63, 3.8) is 0 Å². The van der Waals surface area contributed by atoms with Crippen molar-refractivity contribution < 1.29 is 14.3 Å². The first-order chi connectivity index (χ1) is 14.4. The van der Waals surface area contributed by atoms with Gasteiger partial charge in [-0.15, -0.1) is 0 Å². The summed E-state index contributed by atoms with van der Waals surface area (Å²) >= 11 is 9.94. The third kappa shape index (κ3) is 4.72. The first kappa shape index (κ1) is 21.0. The highest BCUT2D eigenvalue weighted by atomic mass is 79.9. The van der Waals surface area contributed by atoms with Crippen LogP contribution in [0.25, 0.3) is 22.6 Å². The summed E-state index contributed by atoms with van der Waals surface area (Å²) in [6.45, 7) is 0.666. The largest absolute Gasteiger partial charge is 0.488 e. The van der Waals surface area contributed by atoms with Gasteiger partial charge < -0.3 is 14.5 Å². The summed E-state index contributed by atoms with van der Waals surface area (Å²) in [6, 6.07) is 12.2. The maximum Gasteiger partial charge on any atom is 0.320 e. The fourth-order valence-electron chi connectivity index (χ4n) is 3.51. The van der Waals surface area contributed by atoms with Crippen LogP contribution in [0.1, 0.15) is 16.8 Å². The van der Waals surface area contributed by atoms with E-state index >= 15 is 0 Å². The number of esters is 1. The monoisotopic (exact) mass is 488 g/mol. The normalized spacial score (nSPS) is 12.9. The minimum Gasteiger partial charge on any atom is -0.488 e. The molecule has 4 rings (SSSR count). The number of likely N-dealkylation sites (N-methyl/N-ethyl adjacent to an activating group) is 1. The second-order valence-electron chi connectivity index (χ2n) is 7.55. The number of carbonyl (C=O) groups excluding carboxylic acids is 1. The summed E-state index contributed by atoms with van der Waals surface area (Å²) in [5.41, 5.74) is 5.82. The molecule has 2 aromatic carbocycles. The molecule has 0 saturated heterocycles. The van der Waals surface area contributed by atoms with Crippen molar-refractivity contribution >= 4 is 56.1 Å². The van der Waals surface area contributed by atoms with Gasteiger partial charge in [0.05, 0.1) is 11.6 Å². The summed E-state index contributed by atoms with van der Waals surface area (Å²) in [4.78, 5) is 16.8. The molecule has 30 heavy (non-hydrogen) atoms. The predicted octanol–water partition coefficient (Wildman–Crippen LogP) is 5.16. The van der Waals surface area contributed by atoms with E-state index in [9.17, 15) is 4.79 Å². The molecule has 0 unspecified atom stereocenters. The first-order valence-electron chi connectivity index (χ1n) is 9.64. The zero-order valence-electron chi connectivity index (χ0n) is 16.8. The van der Waals surface area contributed by atoms with Crippen LogP contribution in [0.5, 0.6) is 5.75 Å². The van der Waals surface area contributed by atoms with Gasteiger partial charge in [-0.3, -0.25) is 9.69 Å². The van der Waals surface area contributed by atoms with Crippen LogP contribution in [0.15, 0.2) is 40.9 Å². The van der Waals surface area contributed by atoms with E-state index in [2.05, 4.69) is 51.3 Å². The van der Waals surface area contributed by atoms with Crippen LogP contribution in [0.3, 0.4) is 0 Å². The van der Waals surface area contributed by atoms with Gasteiger partial charge >= 0.3 is 5.97 Å². The molecule has 3 aromatic rings. The van der Waals surface area contributed by atoms with Crippen LogP contribution in [0.2, 0.25) is 5.02 Å². The van der Waals surface area contributed by atoms with Crippen LogP contribution < -0.4 is 4.74 Å². The van der Waals surface area contributed by atoms with Crippen molar-refractivity contribution in [3.05, 3.63) is 62.7 Å². The number of H-pyrrole nitrogens is 1. The van der Waals surface area contributed by atoms with Gasteiger partial charge in [-0.25, -0.2) is 0 Å². The van der Waals surface area contributed by atoms with Crippen molar-refractivity contribution in [2.45, 2.75) is 6.42 Å². The molecule has 0 aliphatic heterocycles. The fraction of sp³-hybridized carbons (Fsp3) is 0.261. The summed E-state index contributed by atoms with van der Waals surface area (Å²) in [7, 11) is 3.63. The zero-order chi connectivity index (χ0) is 21.3. The molecular formula is C23H22BrClN2O3. The first-order valence-corrected chi connectivity index (χ1v) is 10.8. The molecule has 156 valence electrons. The standard InChI is InChI=1S/C23H22BrClN2O3/c1-27(2)13-23(28)30-6-5-29-22-12-21-17(10-19(22)25)11-20(26-21)16-7-14-3-4-18(24)9-15(14)8-16/h3-4,7,9-12,26H,5-6,8,13H2,1-2H3. The molecule has 0 spiro atoms. The highest BCUT2D eigenvalue weighted by Crippen LogP contribution is 2.36. The Morgan fingerprint density at radius 1 is 1.20 bits per heavy atom. The minimum atomic E-state index is -0.281. The van der Waals surface area contributed by atoms with E-state index in [4.69, 9.17) is 21.1 Å². The van der Waals surface area contributed by atoms with E-state index in [1.54, 1.807) is 4.90 Å². The molecule has 1 heterocycles. The van der Waals surface area contributed by atoms with Crippen LogP contribution in [0, 0.1) is 0 Å². The molecular weight excluding hydrogens is 468 g/mol. The lowest BCUT2D eigenvalue weighted by molar-refractivity contribution is -0.145. The molecule has 5 nitrogen and oxygen atoms in total. The van der Waals surface area contributed by atoms with Crippen LogP contribution >= 0.6 is 27.5 Å². The molecule has 0 fully saturated rings. The Labute approximate surface area is 188 Å². The Morgan fingerprint density at radius 3 is 2.83 bits per heavy atom. The van der Waals surface area contributed by atoms with Crippen molar-refractivity contribution in [1.29, 1.82) is 0 Å². The lowest BCUT2D eigenvalue weighted by Crippen LogP contribution is -2.25. The highest BCUT2D eigenvalue weighted by molar-refractivity contribution is 9.10. The maximum absolute atomic E-state index is 11.6. The Balaban J connectivity index is 1.44. The Kier molecular flexibility index (Phi) is 6.18. The average molecular weight is 490 g/mol. The minimum absolute atomic E-state index is 0.178. The topological polar surface area (TPSA) is 54.6 Å². The number of allylic oxidation sites excluding steroid dienone is 1. The third-order valence-corrected chi connectivity index (χ3v) is 5.67. The second kappa shape index (κ2) is 8.84. The van der Waals surface area contributed by atoms with E-state index in [0.29, 0.717) is 10.8 Å². The van der Waals surface area contributed by atoms with Gasteiger partial charge in [-0.05, 0) is 61.1 Å². The van der Waals surface area contributed by atoms with Crippen molar-refractivity contribution in [2.24, 2.45) is 0 Å². The third-order valence-electron chi connectivity index (χ3n) is 4.88. The van der Waals surface area contributed by atoms with E-state index < -0.39 is 0 Å². The van der Waals surface area contributed by atoms with E-state index in [1.165, 1.54) is 16.7 Å². The molecule has 1 N–H and O–H groups in total. The Morgan fingerprint density at radius 2 is 2.03 bits per heavy atom. The average Bonchev–Trinajstić information content (AvgIpc) is 3.27. The number of hydrogen-bond donors (Lipinski definition) is 1. The van der Waals surface area contributed by atoms with E-state index in [-0.39, 0.29) is 25.7 Å².